The number of nitrogens with zero attached hydrogens (tertiary/aromatic N) is 1. The van der Waals surface area contributed by atoms with Crippen LogP contribution in [0, 0.1) is 5.82 Å². The summed E-state index contributed by atoms with van der Waals surface area (Å²) < 4.78 is 17.6. The normalized spacial score (nSPS) is 9.94. The lowest BCUT2D eigenvalue weighted by Gasteiger charge is -2.06. The molecule has 0 saturated heterocycles. The van der Waals surface area contributed by atoms with Crippen molar-refractivity contribution in [3.63, 3.8) is 0 Å². The van der Waals surface area contributed by atoms with Crippen molar-refractivity contribution in [2.24, 2.45) is 0 Å². The molecular formula is C11H12ClFN2O3. The Kier molecular flexibility index (Phi) is 5.51. The first kappa shape index (κ1) is 14.4. The molecule has 0 bridgehead atoms. The fraction of sp³-hybridized carbons (Fsp3) is 0.364. The van der Waals surface area contributed by atoms with Gasteiger partial charge in [-0.15, -0.1) is 0 Å². The van der Waals surface area contributed by atoms with Crippen molar-refractivity contribution in [1.82, 2.24) is 10.3 Å². The Labute approximate surface area is 108 Å². The van der Waals surface area contributed by atoms with Gasteiger partial charge in [-0.05, 0) is 13.0 Å². The first-order chi connectivity index (χ1) is 8.54. The molecule has 98 valence electrons. The number of halogens is 2. The minimum atomic E-state index is -0.657. The molecule has 0 saturated carbocycles. The quantitative estimate of drug-likeness (QED) is 0.653. The minimum Gasteiger partial charge on any atom is -0.466 e. The lowest BCUT2D eigenvalue weighted by atomic mass is 10.2. The number of ether oxygens (including phenoxy) is 1. The molecule has 1 heterocycles. The zero-order chi connectivity index (χ0) is 13.5. The standard InChI is InChI=1S/C11H12ClFN2O3/c1-2-18-9(16)3-4-14-11(17)8-5-7(13)6-15-10(8)12/h5-6H,2-4H2,1H3,(H,14,17). The average molecular weight is 275 g/mol. The van der Waals surface area contributed by atoms with E-state index in [9.17, 15) is 14.0 Å². The SMILES string of the molecule is CCOC(=O)CCNC(=O)c1cc(F)cnc1Cl. The highest BCUT2D eigenvalue weighted by molar-refractivity contribution is 6.32. The van der Waals surface area contributed by atoms with Gasteiger partial charge in [0.25, 0.3) is 5.91 Å². The summed E-state index contributed by atoms with van der Waals surface area (Å²) in [6.45, 7) is 2.06. The van der Waals surface area contributed by atoms with E-state index in [2.05, 4.69) is 15.0 Å². The van der Waals surface area contributed by atoms with Crippen LogP contribution in [0.4, 0.5) is 4.39 Å². The van der Waals surface area contributed by atoms with Crippen LogP contribution in [0.1, 0.15) is 23.7 Å². The maximum absolute atomic E-state index is 12.9. The van der Waals surface area contributed by atoms with Crippen LogP contribution < -0.4 is 5.32 Å². The van der Waals surface area contributed by atoms with Crippen molar-refractivity contribution in [3.05, 3.63) is 28.8 Å². The molecule has 1 rings (SSSR count). The highest BCUT2D eigenvalue weighted by atomic mass is 35.5. The largest absolute Gasteiger partial charge is 0.466 e. The van der Waals surface area contributed by atoms with Crippen LogP contribution in [-0.4, -0.2) is 30.0 Å². The van der Waals surface area contributed by atoms with Gasteiger partial charge in [-0.25, -0.2) is 9.37 Å². The van der Waals surface area contributed by atoms with Crippen molar-refractivity contribution < 1.29 is 18.7 Å². The number of rotatable bonds is 5. The monoisotopic (exact) mass is 274 g/mol. The van der Waals surface area contributed by atoms with Crippen molar-refractivity contribution in [2.45, 2.75) is 13.3 Å². The summed E-state index contributed by atoms with van der Waals surface area (Å²) in [6.07, 6.45) is 0.956. The smallest absolute Gasteiger partial charge is 0.307 e. The Morgan fingerprint density at radius 2 is 2.28 bits per heavy atom. The molecule has 0 spiro atoms. The summed E-state index contributed by atoms with van der Waals surface area (Å²) >= 11 is 5.65. The molecule has 7 heteroatoms. The molecule has 1 aromatic rings. The predicted octanol–water partition coefficient (Wildman–Crippen LogP) is 1.56. The summed E-state index contributed by atoms with van der Waals surface area (Å²) in [7, 11) is 0. The van der Waals surface area contributed by atoms with Gasteiger partial charge in [-0.1, -0.05) is 11.6 Å². The van der Waals surface area contributed by atoms with E-state index in [0.717, 1.165) is 12.3 Å². The average Bonchev–Trinajstić information content (AvgIpc) is 2.32. The number of nitrogens with one attached hydrogen (secondary N) is 1. The molecule has 0 radical (unpaired) electrons. The van der Waals surface area contributed by atoms with Crippen LogP contribution in [0.15, 0.2) is 12.3 Å². The fourth-order valence-corrected chi connectivity index (χ4v) is 1.38. The van der Waals surface area contributed by atoms with Crippen LogP contribution >= 0.6 is 11.6 Å². The number of hydrogen-bond donors (Lipinski definition) is 1. The number of carbonyl (C=O) groups excluding carboxylic acids is 2. The minimum absolute atomic E-state index is 0.0416. The Bertz CT molecular complexity index is 454. The Morgan fingerprint density at radius 1 is 1.56 bits per heavy atom. The van der Waals surface area contributed by atoms with Gasteiger partial charge in [-0.2, -0.15) is 0 Å². The molecule has 18 heavy (non-hydrogen) atoms. The number of amides is 1. The predicted molar refractivity (Wildman–Crippen MR) is 62.8 cm³/mol. The van der Waals surface area contributed by atoms with E-state index in [-0.39, 0.29) is 30.3 Å². The number of esters is 1. The van der Waals surface area contributed by atoms with Crippen LogP contribution in [0.2, 0.25) is 5.15 Å². The third-order valence-electron chi connectivity index (χ3n) is 1.97. The van der Waals surface area contributed by atoms with E-state index in [4.69, 9.17) is 11.6 Å². The maximum atomic E-state index is 12.9. The van der Waals surface area contributed by atoms with Gasteiger partial charge in [0.2, 0.25) is 0 Å². The van der Waals surface area contributed by atoms with Gasteiger partial charge in [0.1, 0.15) is 11.0 Å². The summed E-state index contributed by atoms with van der Waals surface area (Å²) in [4.78, 5) is 26.1. The second kappa shape index (κ2) is 6.90. The summed E-state index contributed by atoms with van der Waals surface area (Å²) in [6, 6.07) is 0.981. The van der Waals surface area contributed by atoms with E-state index >= 15 is 0 Å². The first-order valence-electron chi connectivity index (χ1n) is 5.29. The van der Waals surface area contributed by atoms with E-state index in [1.165, 1.54) is 0 Å². The van der Waals surface area contributed by atoms with Crippen molar-refractivity contribution in [3.8, 4) is 0 Å². The molecule has 0 atom stereocenters. The number of carbonyl (C=O) groups is 2. The Balaban J connectivity index is 2.50. The van der Waals surface area contributed by atoms with E-state index in [0.29, 0.717) is 0 Å². The Hall–Kier alpha value is -1.69. The molecular weight excluding hydrogens is 263 g/mol. The molecule has 0 aliphatic heterocycles. The molecule has 0 fully saturated rings. The molecule has 0 aromatic carbocycles. The van der Waals surface area contributed by atoms with E-state index < -0.39 is 17.7 Å². The van der Waals surface area contributed by atoms with Crippen molar-refractivity contribution in [1.29, 1.82) is 0 Å². The lowest BCUT2D eigenvalue weighted by Crippen LogP contribution is -2.27. The highest BCUT2D eigenvalue weighted by Crippen LogP contribution is 2.13. The number of pyridine rings is 1. The summed E-state index contributed by atoms with van der Waals surface area (Å²) in [5.74, 6) is -1.66. The molecule has 0 aliphatic carbocycles. The third kappa shape index (κ3) is 4.29. The summed E-state index contributed by atoms with van der Waals surface area (Å²) in [5.41, 5.74) is -0.0690. The van der Waals surface area contributed by atoms with E-state index in [1.54, 1.807) is 6.92 Å². The fourth-order valence-electron chi connectivity index (χ4n) is 1.19. The molecule has 0 aliphatic rings. The lowest BCUT2D eigenvalue weighted by molar-refractivity contribution is -0.142. The van der Waals surface area contributed by atoms with Gasteiger partial charge >= 0.3 is 5.97 Å². The summed E-state index contributed by atoms with van der Waals surface area (Å²) in [5, 5.41) is 2.33. The molecule has 1 N–H and O–H groups in total. The molecule has 1 aromatic heterocycles. The highest BCUT2D eigenvalue weighted by Gasteiger charge is 2.12. The van der Waals surface area contributed by atoms with Crippen LogP contribution in [0.5, 0.6) is 0 Å². The van der Waals surface area contributed by atoms with Crippen LogP contribution in [0.3, 0.4) is 0 Å². The maximum Gasteiger partial charge on any atom is 0.307 e. The first-order valence-corrected chi connectivity index (χ1v) is 5.67. The van der Waals surface area contributed by atoms with Crippen LogP contribution in [-0.2, 0) is 9.53 Å². The van der Waals surface area contributed by atoms with Crippen molar-refractivity contribution in [2.75, 3.05) is 13.2 Å². The van der Waals surface area contributed by atoms with Crippen LogP contribution in [0.25, 0.3) is 0 Å². The molecule has 5 nitrogen and oxygen atoms in total. The van der Waals surface area contributed by atoms with Crippen molar-refractivity contribution >= 4 is 23.5 Å². The van der Waals surface area contributed by atoms with Gasteiger partial charge in [0, 0.05) is 6.54 Å². The molecule has 1 amide bonds. The zero-order valence-corrected chi connectivity index (χ0v) is 10.5. The van der Waals surface area contributed by atoms with Gasteiger partial charge in [0.15, 0.2) is 0 Å². The topological polar surface area (TPSA) is 68.3 Å². The second-order valence-corrected chi connectivity index (χ2v) is 3.66. The Morgan fingerprint density at radius 3 is 2.94 bits per heavy atom. The van der Waals surface area contributed by atoms with Gasteiger partial charge in [0.05, 0.1) is 24.8 Å². The number of hydrogen-bond acceptors (Lipinski definition) is 4. The molecule has 0 unspecified atom stereocenters. The third-order valence-corrected chi connectivity index (χ3v) is 2.27. The number of aromatic nitrogens is 1. The second-order valence-electron chi connectivity index (χ2n) is 3.30. The van der Waals surface area contributed by atoms with Gasteiger partial charge < -0.3 is 10.1 Å². The zero-order valence-electron chi connectivity index (χ0n) is 9.70. The van der Waals surface area contributed by atoms with Gasteiger partial charge in [-0.3, -0.25) is 9.59 Å². The van der Waals surface area contributed by atoms with E-state index in [1.807, 2.05) is 0 Å².